The van der Waals surface area contributed by atoms with Crippen LogP contribution < -0.4 is 15.5 Å². The van der Waals surface area contributed by atoms with Crippen LogP contribution in [-0.4, -0.2) is 42.9 Å². The first-order valence-electron chi connectivity index (χ1n) is 10.0. The lowest BCUT2D eigenvalue weighted by Crippen LogP contribution is -2.46. The lowest BCUT2D eigenvalue weighted by molar-refractivity contribution is -0.139. The average molecular weight is 387 g/mol. The van der Waals surface area contributed by atoms with Gasteiger partial charge in [0.25, 0.3) is 0 Å². The van der Waals surface area contributed by atoms with E-state index < -0.39 is 12.0 Å². The first kappa shape index (κ1) is 20.2. The Morgan fingerprint density at radius 2 is 1.89 bits per heavy atom. The van der Waals surface area contributed by atoms with E-state index in [-0.39, 0.29) is 18.7 Å². The molecule has 1 saturated heterocycles. The fourth-order valence-corrected chi connectivity index (χ4v) is 3.77. The van der Waals surface area contributed by atoms with E-state index in [0.717, 1.165) is 43.6 Å². The molecule has 1 fully saturated rings. The average Bonchev–Trinajstić information content (AvgIpc) is 2.69. The SMILES string of the molecule is CCCC1=C(C(=O)OCC)C(c2ccc(N3CCC(O)CC3)cc2)NC(=O)N1. The number of esters is 1. The van der Waals surface area contributed by atoms with E-state index in [1.54, 1.807) is 6.92 Å². The number of urea groups is 1. The van der Waals surface area contributed by atoms with E-state index in [0.29, 0.717) is 17.7 Å². The Bertz CT molecular complexity index is 737. The second kappa shape index (κ2) is 9.10. The van der Waals surface area contributed by atoms with Crippen molar-refractivity contribution >= 4 is 17.7 Å². The molecule has 0 radical (unpaired) electrons. The van der Waals surface area contributed by atoms with Gasteiger partial charge in [0, 0.05) is 24.5 Å². The van der Waals surface area contributed by atoms with Crippen LogP contribution >= 0.6 is 0 Å². The second-order valence-corrected chi connectivity index (χ2v) is 7.20. The highest BCUT2D eigenvalue weighted by molar-refractivity contribution is 5.95. The van der Waals surface area contributed by atoms with Crippen molar-refractivity contribution in [3.63, 3.8) is 0 Å². The van der Waals surface area contributed by atoms with Gasteiger partial charge in [-0.3, -0.25) is 0 Å². The zero-order valence-corrected chi connectivity index (χ0v) is 16.5. The monoisotopic (exact) mass is 387 g/mol. The lowest BCUT2D eigenvalue weighted by Gasteiger charge is -2.32. The molecule has 1 unspecified atom stereocenters. The number of piperidine rings is 1. The first-order valence-corrected chi connectivity index (χ1v) is 10.0. The summed E-state index contributed by atoms with van der Waals surface area (Å²) in [5.41, 5.74) is 3.01. The van der Waals surface area contributed by atoms with E-state index >= 15 is 0 Å². The van der Waals surface area contributed by atoms with Gasteiger partial charge in [-0.25, -0.2) is 9.59 Å². The van der Waals surface area contributed by atoms with Crippen LogP contribution in [0.5, 0.6) is 0 Å². The van der Waals surface area contributed by atoms with Crippen molar-refractivity contribution in [1.82, 2.24) is 10.6 Å². The molecule has 3 N–H and O–H groups in total. The van der Waals surface area contributed by atoms with Crippen LogP contribution in [0.15, 0.2) is 35.5 Å². The molecule has 2 amide bonds. The summed E-state index contributed by atoms with van der Waals surface area (Å²) in [6.45, 7) is 5.69. The molecule has 0 spiro atoms. The molecule has 152 valence electrons. The Balaban J connectivity index is 1.87. The molecule has 0 bridgehead atoms. The van der Waals surface area contributed by atoms with Gasteiger partial charge in [0.1, 0.15) is 0 Å². The van der Waals surface area contributed by atoms with Crippen molar-refractivity contribution < 1.29 is 19.4 Å². The van der Waals surface area contributed by atoms with Gasteiger partial charge < -0.3 is 25.4 Å². The summed E-state index contributed by atoms with van der Waals surface area (Å²) in [5, 5.41) is 15.3. The molecule has 28 heavy (non-hydrogen) atoms. The molecule has 0 aliphatic carbocycles. The van der Waals surface area contributed by atoms with Crippen molar-refractivity contribution in [1.29, 1.82) is 0 Å². The van der Waals surface area contributed by atoms with Crippen LogP contribution in [0, 0.1) is 0 Å². The second-order valence-electron chi connectivity index (χ2n) is 7.20. The van der Waals surface area contributed by atoms with Gasteiger partial charge in [0.05, 0.1) is 24.3 Å². The first-order chi connectivity index (χ1) is 13.5. The zero-order chi connectivity index (χ0) is 20.1. The van der Waals surface area contributed by atoms with Crippen LogP contribution in [-0.2, 0) is 9.53 Å². The standard InChI is InChI=1S/C21H29N3O4/c1-3-5-17-18(20(26)28-4-2)19(23-21(27)22-17)14-6-8-15(9-7-14)24-12-10-16(25)11-13-24/h6-9,16,19,25H,3-5,10-13H2,1-2H3,(H2,22,23,27). The van der Waals surface area contributed by atoms with Gasteiger partial charge in [-0.05, 0) is 43.9 Å². The van der Waals surface area contributed by atoms with Gasteiger partial charge >= 0.3 is 12.0 Å². The normalized spacial score (nSPS) is 20.6. The molecule has 1 aromatic carbocycles. The molecule has 2 aliphatic rings. The Kier molecular flexibility index (Phi) is 6.57. The molecule has 2 heterocycles. The van der Waals surface area contributed by atoms with Gasteiger partial charge in [0.2, 0.25) is 0 Å². The number of aliphatic hydroxyl groups excluding tert-OH is 1. The Hall–Kier alpha value is -2.54. The van der Waals surface area contributed by atoms with Crippen molar-refractivity contribution in [2.24, 2.45) is 0 Å². The molecule has 0 aromatic heterocycles. The summed E-state index contributed by atoms with van der Waals surface area (Å²) < 4.78 is 5.25. The Morgan fingerprint density at radius 3 is 2.50 bits per heavy atom. The highest BCUT2D eigenvalue weighted by Gasteiger charge is 2.33. The number of hydrogen-bond donors (Lipinski definition) is 3. The third kappa shape index (κ3) is 4.47. The number of anilines is 1. The van der Waals surface area contributed by atoms with Gasteiger partial charge in [-0.15, -0.1) is 0 Å². The number of nitrogens with zero attached hydrogens (tertiary/aromatic N) is 1. The minimum Gasteiger partial charge on any atom is -0.463 e. The molecule has 1 aromatic rings. The number of ether oxygens (including phenoxy) is 1. The highest BCUT2D eigenvalue weighted by Crippen LogP contribution is 2.31. The molecule has 1 atom stereocenters. The highest BCUT2D eigenvalue weighted by atomic mass is 16.5. The predicted octanol–water partition coefficient (Wildman–Crippen LogP) is 2.62. The van der Waals surface area contributed by atoms with E-state index in [4.69, 9.17) is 4.74 Å². The number of allylic oxidation sites excluding steroid dienone is 1. The number of aliphatic hydroxyl groups is 1. The van der Waals surface area contributed by atoms with Crippen molar-refractivity contribution in [2.45, 2.75) is 51.7 Å². The van der Waals surface area contributed by atoms with Gasteiger partial charge in [-0.1, -0.05) is 25.5 Å². The summed E-state index contributed by atoms with van der Waals surface area (Å²) in [4.78, 5) is 27.0. The van der Waals surface area contributed by atoms with E-state index in [1.165, 1.54) is 0 Å². The van der Waals surface area contributed by atoms with Crippen molar-refractivity contribution in [2.75, 3.05) is 24.6 Å². The third-order valence-electron chi connectivity index (χ3n) is 5.21. The number of hydrogen-bond acceptors (Lipinski definition) is 5. The van der Waals surface area contributed by atoms with Crippen LogP contribution in [0.1, 0.15) is 51.1 Å². The third-order valence-corrected chi connectivity index (χ3v) is 5.21. The van der Waals surface area contributed by atoms with Gasteiger partial charge in [0.15, 0.2) is 0 Å². The Morgan fingerprint density at radius 1 is 1.21 bits per heavy atom. The molecular weight excluding hydrogens is 358 g/mol. The minimum atomic E-state index is -0.536. The van der Waals surface area contributed by atoms with E-state index in [2.05, 4.69) is 15.5 Å². The number of benzene rings is 1. The number of carbonyl (C=O) groups excluding carboxylic acids is 2. The summed E-state index contributed by atoms with van der Waals surface area (Å²) in [6, 6.07) is 7.05. The predicted molar refractivity (Wildman–Crippen MR) is 107 cm³/mol. The fourth-order valence-electron chi connectivity index (χ4n) is 3.77. The topological polar surface area (TPSA) is 90.9 Å². The molecule has 3 rings (SSSR count). The molecular formula is C21H29N3O4. The summed E-state index contributed by atoms with van der Waals surface area (Å²) in [5.74, 6) is -0.405. The van der Waals surface area contributed by atoms with Crippen LogP contribution in [0.2, 0.25) is 0 Å². The van der Waals surface area contributed by atoms with Crippen LogP contribution in [0.3, 0.4) is 0 Å². The van der Waals surface area contributed by atoms with Gasteiger partial charge in [-0.2, -0.15) is 0 Å². The van der Waals surface area contributed by atoms with Crippen molar-refractivity contribution in [3.05, 3.63) is 41.1 Å². The van der Waals surface area contributed by atoms with Crippen molar-refractivity contribution in [3.8, 4) is 0 Å². The Labute approximate surface area is 165 Å². The quantitative estimate of drug-likeness (QED) is 0.653. The van der Waals surface area contributed by atoms with Crippen LogP contribution in [0.25, 0.3) is 0 Å². The van der Waals surface area contributed by atoms with Crippen LogP contribution in [0.4, 0.5) is 10.5 Å². The summed E-state index contributed by atoms with van der Waals surface area (Å²) in [6.07, 6.45) is 2.73. The molecule has 7 heteroatoms. The molecule has 7 nitrogen and oxygen atoms in total. The molecule has 2 aliphatic heterocycles. The smallest absolute Gasteiger partial charge is 0.338 e. The molecule has 0 saturated carbocycles. The minimum absolute atomic E-state index is 0.213. The fraction of sp³-hybridized carbons (Fsp3) is 0.524. The largest absolute Gasteiger partial charge is 0.463 e. The lowest BCUT2D eigenvalue weighted by atomic mass is 9.93. The number of amides is 2. The number of nitrogens with one attached hydrogen (secondary N) is 2. The summed E-state index contributed by atoms with van der Waals surface area (Å²) >= 11 is 0. The number of carbonyl (C=O) groups is 2. The van der Waals surface area contributed by atoms with E-state index in [9.17, 15) is 14.7 Å². The summed E-state index contributed by atoms with van der Waals surface area (Å²) in [7, 11) is 0. The number of rotatable bonds is 6. The maximum atomic E-state index is 12.6. The van der Waals surface area contributed by atoms with E-state index in [1.807, 2.05) is 31.2 Å². The zero-order valence-electron chi connectivity index (χ0n) is 16.5. The maximum absolute atomic E-state index is 12.6. The maximum Gasteiger partial charge on any atom is 0.338 e.